The number of esters is 1. The molecule has 0 bridgehead atoms. The van der Waals surface area contributed by atoms with Crippen molar-refractivity contribution in [2.75, 3.05) is 20.8 Å². The molecule has 3 aromatic rings. The van der Waals surface area contributed by atoms with Gasteiger partial charge in [0.05, 0.1) is 42.7 Å². The van der Waals surface area contributed by atoms with E-state index in [9.17, 15) is 14.7 Å². The fourth-order valence-corrected chi connectivity index (χ4v) is 5.49. The van der Waals surface area contributed by atoms with Crippen molar-refractivity contribution in [2.24, 2.45) is 4.99 Å². The Balaban J connectivity index is 2.03. The minimum absolute atomic E-state index is 0.0564. The van der Waals surface area contributed by atoms with Gasteiger partial charge in [0, 0.05) is 10.0 Å². The number of phenols is 1. The molecule has 0 unspecified atom stereocenters. The summed E-state index contributed by atoms with van der Waals surface area (Å²) in [5.41, 5.74) is 1.46. The summed E-state index contributed by atoms with van der Waals surface area (Å²) in [6, 6.07) is 9.37. The van der Waals surface area contributed by atoms with Gasteiger partial charge in [-0.05, 0) is 43.7 Å². The Bertz CT molecular complexity index is 1520. The summed E-state index contributed by atoms with van der Waals surface area (Å²) < 4.78 is 18.7. The highest BCUT2D eigenvalue weighted by atomic mass is 79.9. The van der Waals surface area contributed by atoms with Crippen molar-refractivity contribution in [3.8, 4) is 17.2 Å². The third kappa shape index (κ3) is 4.51. The highest BCUT2D eigenvalue weighted by Crippen LogP contribution is 2.40. The smallest absolute Gasteiger partial charge is 0.338 e. The lowest BCUT2D eigenvalue weighted by Crippen LogP contribution is -2.40. The lowest BCUT2D eigenvalue weighted by molar-refractivity contribution is -0.139. The number of rotatable bonds is 6. The third-order valence-electron chi connectivity index (χ3n) is 5.54. The van der Waals surface area contributed by atoms with Gasteiger partial charge in [0.25, 0.3) is 5.56 Å². The second-order valence-corrected chi connectivity index (χ2v) is 9.45. The molecule has 0 spiro atoms. The second kappa shape index (κ2) is 10.1. The number of methoxy groups -OCH3 is 2. The Kier molecular flexibility index (Phi) is 7.13. The normalized spacial score (nSPS) is 15.5. The highest BCUT2D eigenvalue weighted by molar-refractivity contribution is 9.10. The molecular weight excluding hydrogens is 536 g/mol. The quantitative estimate of drug-likeness (QED) is 0.466. The van der Waals surface area contributed by atoms with E-state index in [2.05, 4.69) is 20.9 Å². The van der Waals surface area contributed by atoms with Crippen LogP contribution in [0.5, 0.6) is 17.2 Å². The molecule has 0 aliphatic carbocycles. The largest absolute Gasteiger partial charge is 0.507 e. The van der Waals surface area contributed by atoms with Crippen molar-refractivity contribution in [2.45, 2.75) is 19.9 Å². The van der Waals surface area contributed by atoms with Crippen LogP contribution in [-0.2, 0) is 9.53 Å². The highest BCUT2D eigenvalue weighted by Gasteiger charge is 2.35. The maximum atomic E-state index is 13.7. The fourth-order valence-electron chi connectivity index (χ4n) is 3.92. The van der Waals surface area contributed by atoms with E-state index in [1.165, 1.54) is 30.1 Å². The van der Waals surface area contributed by atoms with Gasteiger partial charge in [0.2, 0.25) is 0 Å². The van der Waals surface area contributed by atoms with Crippen molar-refractivity contribution in [1.29, 1.82) is 0 Å². The van der Waals surface area contributed by atoms with Gasteiger partial charge >= 0.3 is 5.97 Å². The average Bonchev–Trinajstić information content (AvgIpc) is 3.14. The van der Waals surface area contributed by atoms with Gasteiger partial charge < -0.3 is 19.3 Å². The van der Waals surface area contributed by atoms with Crippen LogP contribution in [0, 0.1) is 0 Å². The number of hydrogen-bond acceptors (Lipinski definition) is 8. The molecule has 1 aromatic heterocycles. The Morgan fingerprint density at radius 3 is 2.57 bits per heavy atom. The molecule has 0 fully saturated rings. The zero-order valence-corrected chi connectivity index (χ0v) is 21.9. The molecule has 1 atom stereocenters. The average molecular weight is 559 g/mol. The number of carbonyl (C=O) groups excluding carboxylic acids is 1. The molecule has 4 rings (SSSR count). The van der Waals surface area contributed by atoms with Crippen LogP contribution in [-0.4, -0.2) is 36.5 Å². The molecular formula is C25H23BrN2O6S. The van der Waals surface area contributed by atoms with Crippen LogP contribution in [0.25, 0.3) is 6.08 Å². The summed E-state index contributed by atoms with van der Waals surface area (Å²) in [6.45, 7) is 3.61. The SMILES string of the molecule is CCOC(=O)C1=C(C)N=c2s/c(=C/c3ccccc3O)c(=O)n2[C@@H]1c1cc(OC)c(OC)cc1Br. The summed E-state index contributed by atoms with van der Waals surface area (Å²) >= 11 is 4.75. The number of hydrogen-bond donors (Lipinski definition) is 1. The summed E-state index contributed by atoms with van der Waals surface area (Å²) in [4.78, 5) is 31.8. The number of thiazole rings is 1. The lowest BCUT2D eigenvalue weighted by Gasteiger charge is -2.26. The number of aromatic hydroxyl groups is 1. The topological polar surface area (TPSA) is 99.4 Å². The van der Waals surface area contributed by atoms with E-state index >= 15 is 0 Å². The number of aromatic nitrogens is 1. The fraction of sp³-hybridized carbons (Fsp3) is 0.240. The monoisotopic (exact) mass is 558 g/mol. The molecule has 0 amide bonds. The van der Waals surface area contributed by atoms with Crippen molar-refractivity contribution >= 4 is 39.3 Å². The summed E-state index contributed by atoms with van der Waals surface area (Å²) in [7, 11) is 3.04. The van der Waals surface area contributed by atoms with Gasteiger partial charge in [-0.3, -0.25) is 9.36 Å². The van der Waals surface area contributed by atoms with Gasteiger partial charge in [0.1, 0.15) is 5.75 Å². The first-order chi connectivity index (χ1) is 16.8. The molecule has 0 radical (unpaired) electrons. The van der Waals surface area contributed by atoms with E-state index in [4.69, 9.17) is 14.2 Å². The van der Waals surface area contributed by atoms with Gasteiger partial charge in [-0.1, -0.05) is 45.5 Å². The molecule has 2 aromatic carbocycles. The minimum atomic E-state index is -0.828. The van der Waals surface area contributed by atoms with Crippen LogP contribution in [0.4, 0.5) is 0 Å². The molecule has 182 valence electrons. The molecule has 1 N–H and O–H groups in total. The number of carbonyl (C=O) groups is 1. The molecule has 1 aliphatic heterocycles. The first-order valence-corrected chi connectivity index (χ1v) is 12.3. The standard InChI is InChI=1S/C25H23BrN2O6S/c1-5-34-24(31)21-13(2)27-25-28(22(21)15-11-18(32-3)19(33-4)12-16(15)26)23(30)20(35-25)10-14-8-6-7-9-17(14)29/h6-12,22,29H,5H2,1-4H3/b20-10+/t22-/m1/s1. The van der Waals surface area contributed by atoms with Crippen LogP contribution < -0.4 is 24.4 Å². The summed E-state index contributed by atoms with van der Waals surface area (Å²) in [5, 5.41) is 10.2. The molecule has 8 nitrogen and oxygen atoms in total. The van der Waals surface area contributed by atoms with E-state index in [-0.39, 0.29) is 23.5 Å². The number of para-hydroxylation sites is 1. The van der Waals surface area contributed by atoms with Crippen LogP contribution in [0.2, 0.25) is 0 Å². The minimum Gasteiger partial charge on any atom is -0.507 e. The molecule has 0 saturated carbocycles. The molecule has 1 aliphatic rings. The van der Waals surface area contributed by atoms with Crippen molar-refractivity contribution < 1.29 is 24.1 Å². The first kappa shape index (κ1) is 24.7. The van der Waals surface area contributed by atoms with Crippen LogP contribution in [0.15, 0.2) is 61.9 Å². The van der Waals surface area contributed by atoms with Gasteiger partial charge in [-0.15, -0.1) is 0 Å². The van der Waals surface area contributed by atoms with Crippen LogP contribution in [0.3, 0.4) is 0 Å². The number of phenolic OH excluding ortho intramolecular Hbond substituents is 1. The zero-order chi connectivity index (χ0) is 25.3. The van der Waals surface area contributed by atoms with Gasteiger partial charge in [0.15, 0.2) is 16.3 Å². The Labute approximate surface area is 213 Å². The van der Waals surface area contributed by atoms with E-state index in [0.29, 0.717) is 42.1 Å². The van der Waals surface area contributed by atoms with E-state index < -0.39 is 12.0 Å². The van der Waals surface area contributed by atoms with Gasteiger partial charge in [-0.25, -0.2) is 9.79 Å². The lowest BCUT2D eigenvalue weighted by atomic mass is 9.95. The predicted octanol–water partition coefficient (Wildman–Crippen LogP) is 3.28. The first-order valence-electron chi connectivity index (χ1n) is 10.7. The Morgan fingerprint density at radius 2 is 1.91 bits per heavy atom. The maximum Gasteiger partial charge on any atom is 0.338 e. The molecule has 0 saturated heterocycles. The Morgan fingerprint density at radius 1 is 1.23 bits per heavy atom. The third-order valence-corrected chi connectivity index (χ3v) is 7.21. The van der Waals surface area contributed by atoms with E-state index in [1.54, 1.807) is 56.3 Å². The van der Waals surface area contributed by atoms with Crippen LogP contribution >= 0.6 is 27.3 Å². The zero-order valence-electron chi connectivity index (χ0n) is 19.5. The number of ether oxygens (including phenoxy) is 3. The molecule has 35 heavy (non-hydrogen) atoms. The number of nitrogens with zero attached hydrogens (tertiary/aromatic N) is 2. The Hall–Kier alpha value is -3.37. The second-order valence-electron chi connectivity index (χ2n) is 7.59. The number of halogens is 1. The van der Waals surface area contributed by atoms with Crippen LogP contribution in [0.1, 0.15) is 31.0 Å². The number of benzene rings is 2. The van der Waals surface area contributed by atoms with Crippen molar-refractivity contribution in [1.82, 2.24) is 4.57 Å². The van der Waals surface area contributed by atoms with Crippen molar-refractivity contribution in [3.63, 3.8) is 0 Å². The number of allylic oxidation sites excluding steroid dienone is 1. The van der Waals surface area contributed by atoms with E-state index in [1.807, 2.05) is 0 Å². The van der Waals surface area contributed by atoms with Gasteiger partial charge in [-0.2, -0.15) is 0 Å². The summed E-state index contributed by atoms with van der Waals surface area (Å²) in [6.07, 6.45) is 1.61. The van der Waals surface area contributed by atoms with Crippen molar-refractivity contribution in [3.05, 3.63) is 83.0 Å². The predicted molar refractivity (Wildman–Crippen MR) is 136 cm³/mol. The molecule has 2 heterocycles. The molecule has 10 heteroatoms. The van der Waals surface area contributed by atoms with E-state index in [0.717, 1.165) is 0 Å². The number of fused-ring (bicyclic) bond motifs is 1. The summed E-state index contributed by atoms with van der Waals surface area (Å²) in [5.74, 6) is 0.435. The maximum absolute atomic E-state index is 13.7.